The number of rotatable bonds is 8. The number of cyclic esters (lactones) is 1. The molecule has 6 atom stereocenters. The number of hydrogen-bond acceptors (Lipinski definition) is 7. The van der Waals surface area contributed by atoms with Crippen molar-refractivity contribution in [3.8, 4) is 0 Å². The minimum atomic E-state index is -1.36. The number of esters is 1. The van der Waals surface area contributed by atoms with Crippen LogP contribution in [0.1, 0.15) is 57.1 Å². The normalized spacial score (nSPS) is 32.2. The fraction of sp³-hybridized carbons (Fsp3) is 0.562. The van der Waals surface area contributed by atoms with Crippen molar-refractivity contribution in [2.45, 2.75) is 69.3 Å². The van der Waals surface area contributed by atoms with Crippen molar-refractivity contribution in [1.82, 2.24) is 15.1 Å². The third-order valence-electron chi connectivity index (χ3n) is 8.72. The van der Waals surface area contributed by atoms with Crippen molar-refractivity contribution in [3.63, 3.8) is 0 Å². The summed E-state index contributed by atoms with van der Waals surface area (Å²) in [7, 11) is 0. The summed E-state index contributed by atoms with van der Waals surface area (Å²) in [6.45, 7) is 3.18. The second-order valence-electron chi connectivity index (χ2n) is 11.5. The number of ether oxygens (including phenoxy) is 2. The van der Waals surface area contributed by atoms with Crippen molar-refractivity contribution in [1.29, 1.82) is 0 Å². The minimum Gasteiger partial charge on any atom is -0.455 e. The third-order valence-corrected chi connectivity index (χ3v) is 8.72. The number of carbonyl (C=O) groups is 4. The van der Waals surface area contributed by atoms with E-state index < -0.39 is 41.7 Å². The molecule has 4 aliphatic heterocycles. The molecule has 0 bridgehead atoms. The molecule has 0 aliphatic carbocycles. The van der Waals surface area contributed by atoms with Gasteiger partial charge in [0.05, 0.1) is 18.6 Å². The molecule has 226 valence electrons. The molecule has 10 heteroatoms. The van der Waals surface area contributed by atoms with E-state index in [4.69, 9.17) is 9.47 Å². The van der Waals surface area contributed by atoms with E-state index in [9.17, 15) is 24.3 Å². The Balaban J connectivity index is 1.54. The summed E-state index contributed by atoms with van der Waals surface area (Å²) < 4.78 is 12.7. The van der Waals surface area contributed by atoms with Gasteiger partial charge in [0.2, 0.25) is 17.7 Å². The van der Waals surface area contributed by atoms with Crippen LogP contribution in [0.5, 0.6) is 0 Å². The lowest BCUT2D eigenvalue weighted by Gasteiger charge is -2.35. The summed E-state index contributed by atoms with van der Waals surface area (Å²) in [6, 6.07) is 8.21. The van der Waals surface area contributed by atoms with Crippen LogP contribution in [0.15, 0.2) is 54.6 Å². The first kappa shape index (κ1) is 30.0. The Morgan fingerprint density at radius 1 is 1.02 bits per heavy atom. The van der Waals surface area contributed by atoms with Crippen LogP contribution in [0.3, 0.4) is 0 Å². The number of likely N-dealkylation sites (tertiary alicyclic amines) is 1. The second-order valence-corrected chi connectivity index (χ2v) is 11.5. The van der Waals surface area contributed by atoms with Crippen LogP contribution >= 0.6 is 0 Å². The van der Waals surface area contributed by atoms with Gasteiger partial charge in [-0.3, -0.25) is 19.2 Å². The number of amides is 3. The lowest BCUT2D eigenvalue weighted by molar-refractivity contribution is -0.160. The number of allylic oxidation sites excluding steroid dienone is 1. The predicted molar refractivity (Wildman–Crippen MR) is 154 cm³/mol. The summed E-state index contributed by atoms with van der Waals surface area (Å²) in [5.74, 6) is -3.32. The molecule has 0 aromatic heterocycles. The summed E-state index contributed by atoms with van der Waals surface area (Å²) in [6.07, 6.45) is 9.44. The van der Waals surface area contributed by atoms with Crippen LogP contribution in [-0.2, 0) is 28.7 Å². The number of aliphatic hydroxyl groups excluding tert-OH is 1. The quantitative estimate of drug-likeness (QED) is 0.275. The first-order valence-electron chi connectivity index (χ1n) is 15.2. The average Bonchev–Trinajstić information content (AvgIpc) is 3.38. The summed E-state index contributed by atoms with van der Waals surface area (Å²) >= 11 is 0. The molecule has 4 aliphatic rings. The van der Waals surface area contributed by atoms with Crippen molar-refractivity contribution < 1.29 is 33.8 Å². The van der Waals surface area contributed by atoms with Crippen LogP contribution in [-0.4, -0.2) is 89.1 Å². The molecular weight excluding hydrogens is 538 g/mol. The number of unbranched alkanes of at least 4 members (excludes halogenated alkanes) is 2. The zero-order valence-corrected chi connectivity index (χ0v) is 24.2. The monoisotopic (exact) mass is 579 g/mol. The Bertz CT molecular complexity index is 1220. The number of nitrogens with zero attached hydrogens (tertiary/aromatic N) is 2. The van der Waals surface area contributed by atoms with Gasteiger partial charge in [-0.1, -0.05) is 74.4 Å². The van der Waals surface area contributed by atoms with Gasteiger partial charge in [-0.15, -0.1) is 0 Å². The summed E-state index contributed by atoms with van der Waals surface area (Å²) in [5.41, 5.74) is -0.644. The van der Waals surface area contributed by atoms with Crippen molar-refractivity contribution >= 4 is 23.7 Å². The van der Waals surface area contributed by atoms with Crippen LogP contribution in [0, 0.1) is 11.8 Å². The third kappa shape index (κ3) is 5.74. The molecule has 2 N–H and O–H groups in total. The van der Waals surface area contributed by atoms with E-state index in [1.54, 1.807) is 17.1 Å². The second kappa shape index (κ2) is 13.2. The van der Waals surface area contributed by atoms with Gasteiger partial charge >= 0.3 is 5.97 Å². The fourth-order valence-corrected chi connectivity index (χ4v) is 6.69. The standard InChI is InChI=1S/C32H41N3O7/c1-2-3-9-17-34-18-10-16-32-27(29(38)35(19-11-20-36)28(32)30(34)39)26-23(42-32)14-7-8-15-25(37)33-21-24(41-31(26)40)22-12-5-4-6-13-22/h4-7,10,12-14,16,23-24,26-28,36H,2-3,8-9,11,15,17-21H2,1H3,(H,33,37)/b14-7-/t23-,24+,26+,27+,28-,32+/m0/s1. The lowest BCUT2D eigenvalue weighted by atomic mass is 9.78. The van der Waals surface area contributed by atoms with E-state index in [1.165, 1.54) is 4.90 Å². The van der Waals surface area contributed by atoms with Gasteiger partial charge in [-0.2, -0.15) is 0 Å². The van der Waals surface area contributed by atoms with E-state index >= 15 is 0 Å². The molecule has 4 heterocycles. The van der Waals surface area contributed by atoms with E-state index in [-0.39, 0.29) is 43.8 Å². The number of carbonyl (C=O) groups excluding carboxylic acids is 4. The van der Waals surface area contributed by atoms with Crippen LogP contribution in [0.25, 0.3) is 0 Å². The van der Waals surface area contributed by atoms with E-state index in [0.717, 1.165) is 24.8 Å². The van der Waals surface area contributed by atoms with Crippen LogP contribution in [0.2, 0.25) is 0 Å². The number of hydrogen-bond donors (Lipinski definition) is 2. The largest absolute Gasteiger partial charge is 0.455 e. The van der Waals surface area contributed by atoms with Gasteiger partial charge in [0.25, 0.3) is 0 Å². The first-order valence-corrected chi connectivity index (χ1v) is 15.2. The van der Waals surface area contributed by atoms with Gasteiger partial charge in [-0.25, -0.2) is 0 Å². The molecule has 1 spiro atoms. The highest BCUT2D eigenvalue weighted by Gasteiger charge is 2.71. The molecule has 0 saturated carbocycles. The highest BCUT2D eigenvalue weighted by molar-refractivity contribution is 5.99. The Labute approximate surface area is 246 Å². The van der Waals surface area contributed by atoms with Gasteiger partial charge in [0, 0.05) is 32.7 Å². The maximum Gasteiger partial charge on any atom is 0.313 e. The van der Waals surface area contributed by atoms with E-state index in [1.807, 2.05) is 42.5 Å². The molecule has 10 nitrogen and oxygen atoms in total. The SMILES string of the molecule is CCCCCN1CC=C[C@@]23O[C@H]4/C=C\CCC(=O)NC[C@H](c5ccccc5)OC(=O)[C@H]4[C@@H]2C(=O)N(CCCO)[C@H]3C1=O. The molecule has 0 radical (unpaired) electrons. The minimum absolute atomic E-state index is 0.0939. The Kier molecular flexibility index (Phi) is 9.43. The predicted octanol–water partition coefficient (Wildman–Crippen LogP) is 2.29. The summed E-state index contributed by atoms with van der Waals surface area (Å²) in [4.78, 5) is 58.2. The highest BCUT2D eigenvalue weighted by atomic mass is 16.6. The lowest BCUT2D eigenvalue weighted by Crippen LogP contribution is -2.55. The van der Waals surface area contributed by atoms with Gasteiger partial charge < -0.3 is 29.7 Å². The molecular formula is C32H41N3O7. The summed E-state index contributed by atoms with van der Waals surface area (Å²) in [5, 5.41) is 12.5. The molecule has 2 fully saturated rings. The molecule has 1 aromatic carbocycles. The zero-order chi connectivity index (χ0) is 29.7. The maximum absolute atomic E-state index is 14.2. The Morgan fingerprint density at radius 2 is 1.83 bits per heavy atom. The number of aliphatic hydroxyl groups is 1. The van der Waals surface area contributed by atoms with Crippen LogP contribution in [0.4, 0.5) is 0 Å². The number of benzene rings is 1. The van der Waals surface area contributed by atoms with Gasteiger partial charge in [0.1, 0.15) is 23.7 Å². The Morgan fingerprint density at radius 3 is 2.60 bits per heavy atom. The van der Waals surface area contributed by atoms with Gasteiger partial charge in [-0.05, 0) is 24.8 Å². The fourth-order valence-electron chi connectivity index (χ4n) is 6.69. The molecule has 0 unspecified atom stereocenters. The van der Waals surface area contributed by atoms with Crippen LogP contribution < -0.4 is 5.32 Å². The van der Waals surface area contributed by atoms with E-state index in [0.29, 0.717) is 25.9 Å². The topological polar surface area (TPSA) is 125 Å². The smallest absolute Gasteiger partial charge is 0.313 e. The van der Waals surface area contributed by atoms with E-state index in [2.05, 4.69) is 12.2 Å². The highest BCUT2D eigenvalue weighted by Crippen LogP contribution is 2.53. The molecule has 2 saturated heterocycles. The molecule has 42 heavy (non-hydrogen) atoms. The Hall–Kier alpha value is -3.50. The van der Waals surface area contributed by atoms with Crippen molar-refractivity contribution in [3.05, 3.63) is 60.2 Å². The van der Waals surface area contributed by atoms with Crippen molar-refractivity contribution in [2.75, 3.05) is 32.8 Å². The molecule has 3 amide bonds. The van der Waals surface area contributed by atoms with Crippen molar-refractivity contribution in [2.24, 2.45) is 11.8 Å². The number of nitrogens with one attached hydrogen (secondary N) is 1. The van der Waals surface area contributed by atoms with Gasteiger partial charge in [0.15, 0.2) is 0 Å². The first-order chi connectivity index (χ1) is 20.4. The zero-order valence-electron chi connectivity index (χ0n) is 24.2. The number of fused-ring (bicyclic) bond motifs is 2. The molecule has 1 aromatic rings. The maximum atomic E-state index is 14.2. The average molecular weight is 580 g/mol. The molecule has 5 rings (SSSR count).